The van der Waals surface area contributed by atoms with Gasteiger partial charge in [0.15, 0.2) is 0 Å². The van der Waals surface area contributed by atoms with Crippen LogP contribution >= 0.6 is 0 Å². The number of nitrogens with zero attached hydrogens (tertiary/aromatic N) is 4. The second-order valence-electron chi connectivity index (χ2n) is 7.65. The number of tetrazole rings is 1. The summed E-state index contributed by atoms with van der Waals surface area (Å²) >= 11 is 0. The number of rotatable bonds is 5. The molecule has 1 saturated carbocycles. The van der Waals surface area contributed by atoms with Crippen LogP contribution in [-0.4, -0.2) is 32.0 Å². The Labute approximate surface area is 174 Å². The van der Waals surface area contributed by atoms with Crippen molar-refractivity contribution in [2.75, 3.05) is 10.6 Å². The van der Waals surface area contributed by atoms with Gasteiger partial charge in [-0.05, 0) is 54.8 Å². The van der Waals surface area contributed by atoms with E-state index in [9.17, 15) is 9.59 Å². The van der Waals surface area contributed by atoms with Gasteiger partial charge >= 0.3 is 0 Å². The van der Waals surface area contributed by atoms with Crippen molar-refractivity contribution in [2.45, 2.75) is 32.6 Å². The number of amides is 2. The number of aryl methyl sites for hydroxylation is 2. The normalized spacial score (nSPS) is 13.9. The Balaban J connectivity index is 1.49. The molecule has 0 saturated heterocycles. The standard InChI is InChI=1S/C22H24N6O2/c1-14-7-12-18(23-21(29)16-5-3-4-6-16)19(13-14)24-22(30)17-10-8-15(9-11-17)20-25-27-28(2)26-20/h7-13,16H,3-6H2,1-2H3,(H,23,29)(H,24,30). The maximum absolute atomic E-state index is 12.8. The van der Waals surface area contributed by atoms with Gasteiger partial charge in [0.1, 0.15) is 0 Å². The van der Waals surface area contributed by atoms with Crippen LogP contribution in [0.2, 0.25) is 0 Å². The third-order valence-corrected chi connectivity index (χ3v) is 5.32. The Morgan fingerprint density at radius 1 is 1.00 bits per heavy atom. The highest BCUT2D eigenvalue weighted by Crippen LogP contribution is 2.29. The fraction of sp³-hybridized carbons (Fsp3) is 0.318. The van der Waals surface area contributed by atoms with Crippen molar-refractivity contribution < 1.29 is 9.59 Å². The van der Waals surface area contributed by atoms with Crippen LogP contribution in [0.25, 0.3) is 11.4 Å². The van der Waals surface area contributed by atoms with Crippen molar-refractivity contribution in [3.05, 3.63) is 53.6 Å². The van der Waals surface area contributed by atoms with Crippen molar-refractivity contribution in [3.8, 4) is 11.4 Å². The number of aromatic nitrogens is 4. The number of carbonyl (C=O) groups excluding carboxylic acids is 2. The van der Waals surface area contributed by atoms with Gasteiger partial charge in [0, 0.05) is 17.0 Å². The molecule has 8 heteroatoms. The molecule has 0 atom stereocenters. The molecule has 2 N–H and O–H groups in total. The number of carbonyl (C=O) groups is 2. The molecule has 8 nitrogen and oxygen atoms in total. The van der Waals surface area contributed by atoms with Crippen molar-refractivity contribution >= 4 is 23.2 Å². The molecule has 1 fully saturated rings. The van der Waals surface area contributed by atoms with Gasteiger partial charge in [0.05, 0.1) is 18.4 Å². The van der Waals surface area contributed by atoms with E-state index in [0.717, 1.165) is 36.8 Å². The van der Waals surface area contributed by atoms with Gasteiger partial charge in [-0.1, -0.05) is 31.0 Å². The summed E-state index contributed by atoms with van der Waals surface area (Å²) in [5.41, 5.74) is 3.47. The predicted octanol–water partition coefficient (Wildman–Crippen LogP) is 3.57. The lowest BCUT2D eigenvalue weighted by Gasteiger charge is -2.15. The molecule has 2 amide bonds. The third-order valence-electron chi connectivity index (χ3n) is 5.32. The summed E-state index contributed by atoms with van der Waals surface area (Å²) in [5.74, 6) is 0.320. The van der Waals surface area contributed by atoms with E-state index < -0.39 is 0 Å². The third kappa shape index (κ3) is 4.37. The van der Waals surface area contributed by atoms with Gasteiger partial charge in [-0.15, -0.1) is 10.2 Å². The van der Waals surface area contributed by atoms with Crippen molar-refractivity contribution in [1.82, 2.24) is 20.2 Å². The van der Waals surface area contributed by atoms with E-state index in [-0.39, 0.29) is 17.7 Å². The Bertz CT molecular complexity index is 1070. The van der Waals surface area contributed by atoms with Gasteiger partial charge in [-0.25, -0.2) is 0 Å². The molecule has 1 aliphatic carbocycles. The molecule has 4 rings (SSSR count). The lowest BCUT2D eigenvalue weighted by atomic mass is 10.1. The zero-order valence-corrected chi connectivity index (χ0v) is 17.1. The molecule has 0 bridgehead atoms. The van der Waals surface area contributed by atoms with Crippen LogP contribution in [0, 0.1) is 12.8 Å². The molecule has 3 aromatic rings. The molecule has 0 spiro atoms. The average Bonchev–Trinajstić information content (AvgIpc) is 3.42. The van der Waals surface area contributed by atoms with E-state index in [0.29, 0.717) is 22.8 Å². The van der Waals surface area contributed by atoms with Crippen molar-refractivity contribution in [3.63, 3.8) is 0 Å². The zero-order valence-electron chi connectivity index (χ0n) is 17.1. The summed E-state index contributed by atoms with van der Waals surface area (Å²) in [6.45, 7) is 1.95. The summed E-state index contributed by atoms with van der Waals surface area (Å²) in [6.07, 6.45) is 4.03. The van der Waals surface area contributed by atoms with Gasteiger partial charge in [0.2, 0.25) is 11.7 Å². The summed E-state index contributed by atoms with van der Waals surface area (Å²) in [6, 6.07) is 12.6. The fourth-order valence-electron chi connectivity index (χ4n) is 3.66. The first kappa shape index (κ1) is 19.8. The van der Waals surface area contributed by atoms with Gasteiger partial charge in [-0.3, -0.25) is 9.59 Å². The fourth-order valence-corrected chi connectivity index (χ4v) is 3.66. The summed E-state index contributed by atoms with van der Waals surface area (Å²) in [4.78, 5) is 26.7. The molecule has 30 heavy (non-hydrogen) atoms. The minimum Gasteiger partial charge on any atom is -0.324 e. The first-order chi connectivity index (χ1) is 14.5. The van der Waals surface area contributed by atoms with Crippen LogP contribution in [0.15, 0.2) is 42.5 Å². The highest BCUT2D eigenvalue weighted by Gasteiger charge is 2.23. The second-order valence-corrected chi connectivity index (χ2v) is 7.65. The number of hydrogen-bond acceptors (Lipinski definition) is 5. The van der Waals surface area contributed by atoms with Crippen LogP contribution < -0.4 is 10.6 Å². The maximum atomic E-state index is 12.8. The lowest BCUT2D eigenvalue weighted by Crippen LogP contribution is -2.22. The molecule has 1 aliphatic rings. The van der Waals surface area contributed by atoms with E-state index in [2.05, 4.69) is 26.0 Å². The molecule has 0 aliphatic heterocycles. The highest BCUT2D eigenvalue weighted by molar-refractivity contribution is 6.07. The second kappa shape index (κ2) is 8.44. The first-order valence-corrected chi connectivity index (χ1v) is 10.1. The van der Waals surface area contributed by atoms with Gasteiger partial charge in [-0.2, -0.15) is 4.80 Å². The zero-order chi connectivity index (χ0) is 21.1. The lowest BCUT2D eigenvalue weighted by molar-refractivity contribution is -0.119. The van der Waals surface area contributed by atoms with Crippen LogP contribution in [-0.2, 0) is 11.8 Å². The quantitative estimate of drug-likeness (QED) is 0.677. The molecule has 1 heterocycles. The van der Waals surface area contributed by atoms with Gasteiger partial charge in [0.25, 0.3) is 5.91 Å². The molecular formula is C22H24N6O2. The summed E-state index contributed by atoms with van der Waals surface area (Å²) in [5, 5.41) is 17.9. The maximum Gasteiger partial charge on any atom is 0.255 e. The van der Waals surface area contributed by atoms with E-state index >= 15 is 0 Å². The minimum absolute atomic E-state index is 0.0210. The van der Waals surface area contributed by atoms with Crippen LogP contribution in [0.4, 0.5) is 11.4 Å². The number of benzene rings is 2. The Morgan fingerprint density at radius 2 is 1.73 bits per heavy atom. The highest BCUT2D eigenvalue weighted by atomic mass is 16.2. The Kier molecular flexibility index (Phi) is 5.56. The predicted molar refractivity (Wildman–Crippen MR) is 114 cm³/mol. The van der Waals surface area contributed by atoms with E-state index in [1.165, 1.54) is 4.80 Å². The first-order valence-electron chi connectivity index (χ1n) is 10.1. The number of anilines is 2. The Morgan fingerprint density at radius 3 is 2.40 bits per heavy atom. The van der Waals surface area contributed by atoms with Crippen molar-refractivity contribution in [2.24, 2.45) is 13.0 Å². The Hall–Kier alpha value is -3.55. The molecule has 0 radical (unpaired) electrons. The van der Waals surface area contributed by atoms with Crippen LogP contribution in [0.5, 0.6) is 0 Å². The topological polar surface area (TPSA) is 102 Å². The van der Waals surface area contributed by atoms with E-state index in [4.69, 9.17) is 0 Å². The average molecular weight is 404 g/mol. The smallest absolute Gasteiger partial charge is 0.255 e. The minimum atomic E-state index is -0.254. The van der Waals surface area contributed by atoms with Crippen LogP contribution in [0.3, 0.4) is 0 Å². The van der Waals surface area contributed by atoms with E-state index in [1.54, 1.807) is 31.3 Å². The molecule has 154 valence electrons. The van der Waals surface area contributed by atoms with E-state index in [1.807, 2.05) is 25.1 Å². The summed E-state index contributed by atoms with van der Waals surface area (Å²) in [7, 11) is 1.70. The van der Waals surface area contributed by atoms with Gasteiger partial charge < -0.3 is 10.6 Å². The molecule has 0 unspecified atom stereocenters. The van der Waals surface area contributed by atoms with Crippen LogP contribution in [0.1, 0.15) is 41.6 Å². The number of nitrogens with one attached hydrogen (secondary N) is 2. The summed E-state index contributed by atoms with van der Waals surface area (Å²) < 4.78 is 0. The number of hydrogen-bond donors (Lipinski definition) is 2. The molecule has 2 aromatic carbocycles. The van der Waals surface area contributed by atoms with Crippen molar-refractivity contribution in [1.29, 1.82) is 0 Å². The molecule has 1 aromatic heterocycles. The largest absolute Gasteiger partial charge is 0.324 e. The SMILES string of the molecule is Cc1ccc(NC(=O)C2CCCC2)c(NC(=O)c2ccc(-c3nnn(C)n3)cc2)c1. The monoisotopic (exact) mass is 404 g/mol. The molecular weight excluding hydrogens is 380 g/mol.